The molecule has 1 aliphatic carbocycles. The molecule has 1 heterocycles. The second kappa shape index (κ2) is 10.5. The first-order valence-electron chi connectivity index (χ1n) is 12.1. The third-order valence-electron chi connectivity index (χ3n) is 6.83. The van der Waals surface area contributed by atoms with E-state index in [1.165, 1.54) is 11.1 Å². The fraction of sp³-hybridized carbons (Fsp3) is 0.444. The number of amides is 2. The molecule has 2 aliphatic rings. The molecule has 0 saturated carbocycles. The molecule has 0 aromatic heterocycles. The van der Waals surface area contributed by atoms with Crippen LogP contribution in [0.15, 0.2) is 48.5 Å². The Hall–Kier alpha value is -3.39. The molecule has 8 heteroatoms. The Balaban J connectivity index is 1.25. The van der Waals surface area contributed by atoms with Crippen LogP contribution >= 0.6 is 0 Å². The maximum Gasteiger partial charge on any atom is 0.407 e. The monoisotopic (exact) mass is 479 g/mol. The number of carboxylic acids is 1. The highest BCUT2D eigenvalue weighted by atomic mass is 16.5. The van der Waals surface area contributed by atoms with Gasteiger partial charge < -0.3 is 20.1 Å². The van der Waals surface area contributed by atoms with Gasteiger partial charge in [-0.1, -0.05) is 48.5 Å². The number of carboxylic acid groups (broad SMARTS) is 1. The number of alkyl carbamates (subject to hydrolysis) is 1. The van der Waals surface area contributed by atoms with Crippen LogP contribution < -0.4 is 5.32 Å². The molecule has 1 saturated heterocycles. The summed E-state index contributed by atoms with van der Waals surface area (Å²) in [6.45, 7) is 6.16. The summed E-state index contributed by atoms with van der Waals surface area (Å²) in [5.74, 6) is -0.842. The quantitative estimate of drug-likeness (QED) is 0.603. The minimum absolute atomic E-state index is 0.000873. The smallest absolute Gasteiger partial charge is 0.407 e. The normalized spacial score (nSPS) is 15.9. The minimum atomic E-state index is -0.856. The molecule has 1 aliphatic heterocycles. The Kier molecular flexibility index (Phi) is 7.40. The average molecular weight is 480 g/mol. The molecule has 0 spiro atoms. The van der Waals surface area contributed by atoms with Crippen LogP contribution in [0.3, 0.4) is 0 Å². The van der Waals surface area contributed by atoms with Crippen molar-refractivity contribution in [3.63, 3.8) is 0 Å². The Morgan fingerprint density at radius 1 is 0.971 bits per heavy atom. The number of carbonyl (C=O) groups excluding carboxylic acids is 2. The van der Waals surface area contributed by atoms with Crippen molar-refractivity contribution in [2.24, 2.45) is 0 Å². The number of piperazine rings is 1. The van der Waals surface area contributed by atoms with Crippen molar-refractivity contribution in [3.8, 4) is 11.1 Å². The van der Waals surface area contributed by atoms with Gasteiger partial charge in [0.15, 0.2) is 0 Å². The van der Waals surface area contributed by atoms with Gasteiger partial charge in [-0.15, -0.1) is 0 Å². The molecule has 0 unspecified atom stereocenters. The van der Waals surface area contributed by atoms with Crippen molar-refractivity contribution in [1.29, 1.82) is 0 Å². The Morgan fingerprint density at radius 3 is 2.11 bits per heavy atom. The lowest BCUT2D eigenvalue weighted by Gasteiger charge is -2.34. The van der Waals surface area contributed by atoms with Gasteiger partial charge in [-0.2, -0.15) is 0 Å². The van der Waals surface area contributed by atoms with Gasteiger partial charge in [0, 0.05) is 44.1 Å². The van der Waals surface area contributed by atoms with Gasteiger partial charge in [0.05, 0.1) is 6.54 Å². The van der Waals surface area contributed by atoms with Crippen molar-refractivity contribution in [2.75, 3.05) is 39.3 Å². The van der Waals surface area contributed by atoms with Crippen LogP contribution in [0, 0.1) is 0 Å². The fourth-order valence-corrected chi connectivity index (χ4v) is 4.90. The lowest BCUT2D eigenvalue weighted by Crippen LogP contribution is -2.50. The van der Waals surface area contributed by atoms with Crippen molar-refractivity contribution in [3.05, 3.63) is 59.7 Å². The van der Waals surface area contributed by atoms with E-state index < -0.39 is 17.6 Å². The summed E-state index contributed by atoms with van der Waals surface area (Å²) < 4.78 is 5.64. The van der Waals surface area contributed by atoms with Gasteiger partial charge in [0.2, 0.25) is 5.91 Å². The van der Waals surface area contributed by atoms with Gasteiger partial charge in [0.1, 0.15) is 6.61 Å². The zero-order valence-electron chi connectivity index (χ0n) is 20.3. The number of aliphatic carboxylic acids is 1. The maximum atomic E-state index is 12.6. The second-order valence-electron chi connectivity index (χ2n) is 9.89. The summed E-state index contributed by atoms with van der Waals surface area (Å²) >= 11 is 0. The molecule has 0 bridgehead atoms. The minimum Gasteiger partial charge on any atom is -0.480 e. The third kappa shape index (κ3) is 6.00. The summed E-state index contributed by atoms with van der Waals surface area (Å²) in [6, 6.07) is 16.4. The number of fused-ring (bicyclic) bond motifs is 3. The predicted octanol–water partition coefficient (Wildman–Crippen LogP) is 3.31. The standard InChI is InChI=1S/C27H33N3O5/c1-27(2,12-11-24(31)30-15-13-29(14-16-30)17-25(32)33)28-26(34)35-18-23-21-9-5-3-7-19(21)20-8-4-6-10-22(20)23/h3-10,23H,11-18H2,1-2H3,(H,28,34)(H,32,33). The number of ether oxygens (including phenoxy) is 1. The largest absolute Gasteiger partial charge is 0.480 e. The van der Waals surface area contributed by atoms with E-state index >= 15 is 0 Å². The molecule has 35 heavy (non-hydrogen) atoms. The van der Waals surface area contributed by atoms with Crippen molar-refractivity contribution < 1.29 is 24.2 Å². The van der Waals surface area contributed by atoms with Crippen LogP contribution in [0.25, 0.3) is 11.1 Å². The third-order valence-corrected chi connectivity index (χ3v) is 6.83. The molecule has 4 rings (SSSR count). The van der Waals surface area contributed by atoms with Gasteiger partial charge in [-0.3, -0.25) is 14.5 Å². The summed E-state index contributed by atoms with van der Waals surface area (Å²) in [4.78, 5) is 39.7. The van der Waals surface area contributed by atoms with Crippen LogP contribution in [0.2, 0.25) is 0 Å². The summed E-state index contributed by atoms with van der Waals surface area (Å²) in [5.41, 5.74) is 4.08. The SMILES string of the molecule is CC(C)(CCC(=O)N1CCN(CC(=O)O)CC1)NC(=O)OCC1c2ccccc2-c2ccccc21. The van der Waals surface area contributed by atoms with E-state index in [0.29, 0.717) is 39.0 Å². The number of carbonyl (C=O) groups is 3. The van der Waals surface area contributed by atoms with E-state index in [9.17, 15) is 14.4 Å². The lowest BCUT2D eigenvalue weighted by molar-refractivity contribution is -0.139. The molecule has 0 atom stereocenters. The average Bonchev–Trinajstić information content (AvgIpc) is 3.15. The predicted molar refractivity (Wildman–Crippen MR) is 132 cm³/mol. The van der Waals surface area contributed by atoms with Crippen LogP contribution in [-0.2, 0) is 14.3 Å². The fourth-order valence-electron chi connectivity index (χ4n) is 4.90. The lowest BCUT2D eigenvalue weighted by atomic mass is 9.97. The molecular weight excluding hydrogens is 446 g/mol. The van der Waals surface area contributed by atoms with Crippen molar-refractivity contribution >= 4 is 18.0 Å². The molecule has 2 aromatic carbocycles. The summed E-state index contributed by atoms with van der Waals surface area (Å²) in [5, 5.41) is 11.8. The summed E-state index contributed by atoms with van der Waals surface area (Å²) in [7, 11) is 0. The van der Waals surface area contributed by atoms with Crippen molar-refractivity contribution in [2.45, 2.75) is 38.1 Å². The van der Waals surface area contributed by atoms with Crippen LogP contribution in [0.4, 0.5) is 4.79 Å². The molecular formula is C27H33N3O5. The molecule has 2 amide bonds. The molecule has 8 nitrogen and oxygen atoms in total. The molecule has 2 N–H and O–H groups in total. The van der Waals surface area contributed by atoms with Crippen LogP contribution in [0.1, 0.15) is 43.7 Å². The topological polar surface area (TPSA) is 99.2 Å². The Morgan fingerprint density at radius 2 is 1.54 bits per heavy atom. The number of nitrogens with zero attached hydrogens (tertiary/aromatic N) is 2. The van der Waals surface area contributed by atoms with Crippen molar-refractivity contribution in [1.82, 2.24) is 15.1 Å². The Bertz CT molecular complexity index is 1050. The molecule has 2 aromatic rings. The van der Waals surface area contributed by atoms with Crippen LogP contribution in [0.5, 0.6) is 0 Å². The number of hydrogen-bond acceptors (Lipinski definition) is 5. The first-order chi connectivity index (χ1) is 16.7. The van der Waals surface area contributed by atoms with E-state index in [2.05, 4.69) is 29.6 Å². The van der Waals surface area contributed by atoms with E-state index in [4.69, 9.17) is 9.84 Å². The molecule has 186 valence electrons. The summed E-state index contributed by atoms with van der Waals surface area (Å²) in [6.07, 6.45) is 0.285. The van der Waals surface area contributed by atoms with E-state index in [-0.39, 0.29) is 25.0 Å². The van der Waals surface area contributed by atoms with E-state index in [1.54, 1.807) is 4.90 Å². The molecule has 1 fully saturated rings. The number of rotatable bonds is 8. The zero-order chi connectivity index (χ0) is 25.0. The Labute approximate surface area is 205 Å². The second-order valence-corrected chi connectivity index (χ2v) is 9.89. The zero-order valence-corrected chi connectivity index (χ0v) is 20.3. The first kappa shape index (κ1) is 24.7. The van der Waals surface area contributed by atoms with E-state index in [0.717, 1.165) is 11.1 Å². The van der Waals surface area contributed by atoms with Gasteiger partial charge in [0.25, 0.3) is 0 Å². The highest BCUT2D eigenvalue weighted by Crippen LogP contribution is 2.44. The number of nitrogens with one attached hydrogen (secondary N) is 1. The maximum absolute atomic E-state index is 12.6. The molecule has 0 radical (unpaired) electrons. The van der Waals surface area contributed by atoms with Gasteiger partial charge >= 0.3 is 12.1 Å². The van der Waals surface area contributed by atoms with Gasteiger partial charge in [-0.05, 0) is 42.5 Å². The first-order valence-corrected chi connectivity index (χ1v) is 12.1. The highest BCUT2D eigenvalue weighted by Gasteiger charge is 2.30. The van der Waals surface area contributed by atoms with Crippen LogP contribution in [-0.4, -0.2) is 77.7 Å². The number of hydrogen-bond donors (Lipinski definition) is 2. The van der Waals surface area contributed by atoms with Gasteiger partial charge in [-0.25, -0.2) is 4.79 Å². The highest BCUT2D eigenvalue weighted by molar-refractivity contribution is 5.79. The van der Waals surface area contributed by atoms with E-state index in [1.807, 2.05) is 43.0 Å². The number of benzene rings is 2.